The first-order valence-corrected chi connectivity index (χ1v) is 32.4. The van der Waals surface area contributed by atoms with Crippen molar-refractivity contribution in [2.45, 2.75) is 116 Å². The molecule has 0 amide bonds. The Hall–Kier alpha value is -7.80. The van der Waals surface area contributed by atoms with Crippen molar-refractivity contribution in [1.82, 2.24) is 0 Å². The molecule has 84 heavy (non-hydrogen) atoms. The zero-order chi connectivity index (χ0) is 55.5. The molecule has 6 aliphatic carbocycles. The summed E-state index contributed by atoms with van der Waals surface area (Å²) in [6.45, 7) is 0. The monoisotopic (exact) mass is 1090 g/mol. The van der Waals surface area contributed by atoms with Gasteiger partial charge in [0.25, 0.3) is 0 Å². The van der Waals surface area contributed by atoms with Crippen LogP contribution in [-0.2, 0) is 116 Å². The van der Waals surface area contributed by atoms with Gasteiger partial charge in [-0.15, -0.1) is 0 Å². The molecule has 0 fully saturated rings. The third-order valence-corrected chi connectivity index (χ3v) is 21.1. The van der Waals surface area contributed by atoms with Crippen LogP contribution < -0.4 is 0 Å². The van der Waals surface area contributed by atoms with Gasteiger partial charge in [0.1, 0.15) is 0 Å². The number of rotatable bonds is 12. The molecule has 0 heterocycles. The fourth-order valence-electron chi connectivity index (χ4n) is 17.8. The lowest BCUT2D eigenvalue weighted by Crippen LogP contribution is -2.19. The molecule has 6 aliphatic rings. The fourth-order valence-corrected chi connectivity index (χ4v) is 17.8. The van der Waals surface area contributed by atoms with Gasteiger partial charge in [-0.05, 0) is 284 Å². The smallest absolute Gasteiger partial charge is 0.0120 e. The van der Waals surface area contributed by atoms with Crippen molar-refractivity contribution in [1.29, 1.82) is 0 Å². The van der Waals surface area contributed by atoms with Crippen molar-refractivity contribution >= 4 is 32.3 Å². The first-order valence-electron chi connectivity index (χ1n) is 32.4. The van der Waals surface area contributed by atoms with Crippen LogP contribution in [0.2, 0.25) is 0 Å². The molecule has 0 saturated heterocycles. The average Bonchev–Trinajstić information content (AvgIpc) is 3.92. The molecular formula is C84H78. The lowest BCUT2D eigenvalue weighted by atomic mass is 9.76. The fraction of sp³-hybridized carbons (Fsp3) is 0.286. The van der Waals surface area contributed by atoms with Crippen molar-refractivity contribution in [3.63, 3.8) is 0 Å². The number of fused-ring (bicyclic) bond motifs is 3. The van der Waals surface area contributed by atoms with E-state index < -0.39 is 0 Å². The largest absolute Gasteiger partial charge is 0.0620 e. The number of hydrogen-bond donors (Lipinski definition) is 0. The molecule has 414 valence electrons. The second kappa shape index (κ2) is 22.3. The Morgan fingerprint density at radius 3 is 0.512 bits per heavy atom. The SMILES string of the molecule is c1cc2c3c(cccc3c1)CC(Cc1cc(CC3Cc4cccc5cccc(c45)C3)cc(CC3Cc4cccc5cccc(c45)C3)c1)C2.c1ccc2c(c1)CC(Cc1cc(CC3Cc4ccccc4C3)cc(CC3Cc4ccccc4C3)c1)C2. The Kier molecular flexibility index (Phi) is 13.8. The summed E-state index contributed by atoms with van der Waals surface area (Å²) >= 11 is 0. The van der Waals surface area contributed by atoms with Crippen LogP contribution in [-0.4, -0.2) is 0 Å². The molecule has 0 spiro atoms. The van der Waals surface area contributed by atoms with Crippen LogP contribution in [0.1, 0.15) is 100 Å². The quantitative estimate of drug-likeness (QED) is 0.114. The normalized spacial score (nSPS) is 16.7. The molecule has 0 aliphatic heterocycles. The minimum atomic E-state index is 0.645. The van der Waals surface area contributed by atoms with Crippen LogP contribution in [0.15, 0.2) is 218 Å². The number of hydrogen-bond acceptors (Lipinski definition) is 0. The summed E-state index contributed by atoms with van der Waals surface area (Å²) in [6, 6.07) is 84.3. The predicted molar refractivity (Wildman–Crippen MR) is 352 cm³/mol. The third-order valence-electron chi connectivity index (χ3n) is 21.1. The van der Waals surface area contributed by atoms with Crippen molar-refractivity contribution < 1.29 is 0 Å². The summed E-state index contributed by atoms with van der Waals surface area (Å²) in [4.78, 5) is 0. The van der Waals surface area contributed by atoms with Gasteiger partial charge in [0, 0.05) is 0 Å². The van der Waals surface area contributed by atoms with E-state index in [1.54, 1.807) is 100 Å². The van der Waals surface area contributed by atoms with Gasteiger partial charge >= 0.3 is 0 Å². The van der Waals surface area contributed by atoms with Crippen molar-refractivity contribution in [3.8, 4) is 0 Å². The highest BCUT2D eigenvalue weighted by atomic mass is 14.3. The minimum absolute atomic E-state index is 0.645. The standard InChI is InChI=1S/C48H42.C36H36/c1-7-37-8-2-14-41-26-34(25-40(13-1)46(37)41)22-31-19-32(23-35-27-42-15-3-9-38-10-4-16-43(28-35)47(38)42)21-33(20-31)24-36-29-44-17-5-11-39-12-6-18-45(30-36)48(39)44;1-2-8-32-20-28(19-31(32)7-1)16-25-13-26(17-29-21-33-9-3-4-10-34(33)22-29)15-27(14-25)18-30-23-35-11-5-6-12-36(35)24-30/h1-21,34-36H,22-30H2;1-15,28-30H,16-24H2. The molecule has 11 aromatic carbocycles. The highest BCUT2D eigenvalue weighted by Crippen LogP contribution is 2.40. The van der Waals surface area contributed by atoms with Crippen molar-refractivity contribution in [3.05, 3.63) is 319 Å². The van der Waals surface area contributed by atoms with E-state index in [1.807, 2.05) is 0 Å². The highest BCUT2D eigenvalue weighted by Gasteiger charge is 2.29. The first-order chi connectivity index (χ1) is 41.4. The lowest BCUT2D eigenvalue weighted by Gasteiger charge is -2.28. The van der Waals surface area contributed by atoms with E-state index in [2.05, 4.69) is 218 Å². The van der Waals surface area contributed by atoms with Gasteiger partial charge in [-0.3, -0.25) is 0 Å². The third kappa shape index (κ3) is 10.7. The minimum Gasteiger partial charge on any atom is -0.0620 e. The van der Waals surface area contributed by atoms with Crippen LogP contribution in [0.4, 0.5) is 0 Å². The van der Waals surface area contributed by atoms with Gasteiger partial charge < -0.3 is 0 Å². The van der Waals surface area contributed by atoms with E-state index in [4.69, 9.17) is 0 Å². The van der Waals surface area contributed by atoms with E-state index in [1.165, 1.54) is 129 Å². The summed E-state index contributed by atoms with van der Waals surface area (Å²) in [7, 11) is 0. The molecular weight excluding hydrogens is 1010 g/mol. The van der Waals surface area contributed by atoms with Crippen LogP contribution in [0.5, 0.6) is 0 Å². The van der Waals surface area contributed by atoms with Gasteiger partial charge in [0.2, 0.25) is 0 Å². The number of benzene rings is 11. The van der Waals surface area contributed by atoms with Crippen molar-refractivity contribution in [2.24, 2.45) is 35.5 Å². The molecule has 0 atom stereocenters. The molecule has 0 nitrogen and oxygen atoms in total. The maximum absolute atomic E-state index is 2.60. The molecule has 0 radical (unpaired) electrons. The summed E-state index contributed by atoms with van der Waals surface area (Å²) in [6.07, 6.45) is 21.7. The zero-order valence-electron chi connectivity index (χ0n) is 49.0. The summed E-state index contributed by atoms with van der Waals surface area (Å²) in [5.74, 6) is 4.18. The van der Waals surface area contributed by atoms with E-state index in [9.17, 15) is 0 Å². The van der Waals surface area contributed by atoms with Crippen LogP contribution >= 0.6 is 0 Å². The molecule has 0 N–H and O–H groups in total. The van der Waals surface area contributed by atoms with Gasteiger partial charge in [-0.25, -0.2) is 0 Å². The van der Waals surface area contributed by atoms with Crippen LogP contribution in [0.25, 0.3) is 32.3 Å². The molecule has 0 bridgehead atoms. The highest BCUT2D eigenvalue weighted by molar-refractivity contribution is 5.91. The van der Waals surface area contributed by atoms with Crippen molar-refractivity contribution in [2.75, 3.05) is 0 Å². The Morgan fingerprint density at radius 2 is 0.333 bits per heavy atom. The van der Waals surface area contributed by atoms with Gasteiger partial charge in [-0.1, -0.05) is 218 Å². The first kappa shape index (κ1) is 51.8. The summed E-state index contributed by atoms with van der Waals surface area (Å²) in [5.41, 5.74) is 28.1. The van der Waals surface area contributed by atoms with Crippen LogP contribution in [0.3, 0.4) is 0 Å². The maximum Gasteiger partial charge on any atom is -0.0120 e. The Labute approximate surface area is 499 Å². The van der Waals surface area contributed by atoms with Gasteiger partial charge in [-0.2, -0.15) is 0 Å². The summed E-state index contributed by atoms with van der Waals surface area (Å²) < 4.78 is 0. The zero-order valence-corrected chi connectivity index (χ0v) is 49.0. The second-order valence-corrected chi connectivity index (χ2v) is 27.3. The topological polar surface area (TPSA) is 0 Å². The molecule has 0 heteroatoms. The predicted octanol–water partition coefficient (Wildman–Crippen LogP) is 18.6. The Morgan fingerprint density at radius 1 is 0.179 bits per heavy atom. The summed E-state index contributed by atoms with van der Waals surface area (Å²) in [5, 5.41) is 8.77. The van der Waals surface area contributed by atoms with E-state index >= 15 is 0 Å². The second-order valence-electron chi connectivity index (χ2n) is 27.3. The van der Waals surface area contributed by atoms with E-state index in [0.717, 1.165) is 37.0 Å². The maximum atomic E-state index is 2.60. The Balaban J connectivity index is 0.000000143. The molecule has 0 unspecified atom stereocenters. The molecule has 17 rings (SSSR count). The average molecular weight is 1090 g/mol. The van der Waals surface area contributed by atoms with Gasteiger partial charge in [0.15, 0.2) is 0 Å². The Bertz CT molecular complexity index is 3620. The van der Waals surface area contributed by atoms with Gasteiger partial charge in [0.05, 0.1) is 0 Å². The molecule has 0 aromatic heterocycles. The molecule has 11 aromatic rings. The van der Waals surface area contributed by atoms with Crippen LogP contribution in [0, 0.1) is 35.5 Å². The van der Waals surface area contributed by atoms with E-state index in [0.29, 0.717) is 17.8 Å². The molecule has 0 saturated carbocycles. The lowest BCUT2D eigenvalue weighted by molar-refractivity contribution is 0.499. The van der Waals surface area contributed by atoms with E-state index in [-0.39, 0.29) is 0 Å².